The highest BCUT2D eigenvalue weighted by atomic mass is 32.2. The van der Waals surface area contributed by atoms with Crippen molar-refractivity contribution in [3.63, 3.8) is 0 Å². The molecule has 1 heterocycles. The largest absolute Gasteiger partial charge is 0.504 e. The Bertz CT molecular complexity index is 973. The predicted octanol–water partition coefficient (Wildman–Crippen LogP) is 2.96. The molecule has 3 rings (SSSR count). The van der Waals surface area contributed by atoms with E-state index in [4.69, 9.17) is 21.7 Å². The molecule has 0 atom stereocenters. The molecule has 1 saturated heterocycles. The number of nitrogens with zero attached hydrogens (tertiary/aromatic N) is 1. The second kappa shape index (κ2) is 8.32. The van der Waals surface area contributed by atoms with Gasteiger partial charge in [-0.25, -0.2) is 0 Å². The summed E-state index contributed by atoms with van der Waals surface area (Å²) in [7, 11) is 2.95. The van der Waals surface area contributed by atoms with E-state index in [1.165, 1.54) is 25.3 Å². The molecule has 0 radical (unpaired) electrons. The summed E-state index contributed by atoms with van der Waals surface area (Å²) < 4.78 is 10.3. The maximum Gasteiger partial charge on any atom is 0.285 e. The van der Waals surface area contributed by atoms with Gasteiger partial charge in [0.15, 0.2) is 15.8 Å². The van der Waals surface area contributed by atoms with Gasteiger partial charge in [-0.3, -0.25) is 15.0 Å². The number of hydrogen-bond donors (Lipinski definition) is 2. The smallest absolute Gasteiger partial charge is 0.285 e. The third-order valence-corrected chi connectivity index (χ3v) is 5.16. The third kappa shape index (κ3) is 4.10. The minimum atomic E-state index is -0.555. The average molecular weight is 416 g/mol. The molecule has 9 heteroatoms. The van der Waals surface area contributed by atoms with Crippen LogP contribution in [-0.2, 0) is 4.79 Å². The number of methoxy groups -OCH3 is 2. The molecule has 28 heavy (non-hydrogen) atoms. The summed E-state index contributed by atoms with van der Waals surface area (Å²) >= 11 is 6.31. The quantitative estimate of drug-likeness (QED) is 0.572. The lowest BCUT2D eigenvalue weighted by molar-refractivity contribution is -0.123. The van der Waals surface area contributed by atoms with Crippen LogP contribution in [0.4, 0.5) is 0 Å². The Morgan fingerprint density at radius 1 is 1.18 bits per heavy atom. The van der Waals surface area contributed by atoms with Crippen LogP contribution < -0.4 is 14.9 Å². The van der Waals surface area contributed by atoms with Gasteiger partial charge in [0.2, 0.25) is 0 Å². The molecule has 144 valence electrons. The lowest BCUT2D eigenvalue weighted by Gasteiger charge is -2.16. The van der Waals surface area contributed by atoms with Crippen LogP contribution in [0, 0.1) is 0 Å². The van der Waals surface area contributed by atoms with Gasteiger partial charge in [-0.1, -0.05) is 23.9 Å². The fourth-order valence-electron chi connectivity index (χ4n) is 2.40. The van der Waals surface area contributed by atoms with Crippen molar-refractivity contribution < 1.29 is 24.2 Å². The molecule has 2 aromatic carbocycles. The van der Waals surface area contributed by atoms with E-state index in [0.717, 1.165) is 22.3 Å². The van der Waals surface area contributed by atoms with Crippen molar-refractivity contribution in [3.05, 3.63) is 58.5 Å². The number of ether oxygens (including phenoxy) is 2. The van der Waals surface area contributed by atoms with Gasteiger partial charge >= 0.3 is 0 Å². The molecule has 2 aromatic rings. The number of benzene rings is 2. The number of nitrogens with one attached hydrogen (secondary N) is 1. The molecule has 1 aliphatic heterocycles. The number of aromatic hydroxyl groups is 1. The first-order valence-electron chi connectivity index (χ1n) is 8.03. The molecule has 0 saturated carbocycles. The standard InChI is InChI=1S/C19H16N2O5S2/c1-25-13-6-3-11(4-7-13)9-16-18(24)21(19(27)28-16)20-17(23)12-5-8-14(22)15(10-12)26-2/h3-10,22H,1-2H3,(H,20,23). The summed E-state index contributed by atoms with van der Waals surface area (Å²) in [5.41, 5.74) is 3.50. The number of thioether (sulfide) groups is 1. The van der Waals surface area contributed by atoms with E-state index in [1.807, 2.05) is 12.1 Å². The van der Waals surface area contributed by atoms with E-state index in [-0.39, 0.29) is 21.4 Å². The highest BCUT2D eigenvalue weighted by molar-refractivity contribution is 8.26. The van der Waals surface area contributed by atoms with Crippen LogP contribution in [-0.4, -0.2) is 40.5 Å². The normalized spacial score (nSPS) is 15.1. The number of carbonyl (C=O) groups is 2. The topological polar surface area (TPSA) is 88.1 Å². The van der Waals surface area contributed by atoms with Crippen molar-refractivity contribution in [1.29, 1.82) is 0 Å². The molecule has 0 spiro atoms. The lowest BCUT2D eigenvalue weighted by atomic mass is 10.2. The van der Waals surface area contributed by atoms with Gasteiger partial charge in [0.1, 0.15) is 5.75 Å². The molecule has 7 nitrogen and oxygen atoms in total. The zero-order valence-electron chi connectivity index (χ0n) is 15.0. The van der Waals surface area contributed by atoms with Crippen LogP contribution >= 0.6 is 24.0 Å². The SMILES string of the molecule is COc1ccc(C=C2SC(=S)N(NC(=O)c3ccc(O)c(OC)c3)C2=O)cc1. The van der Waals surface area contributed by atoms with Gasteiger partial charge in [0.25, 0.3) is 11.8 Å². The van der Waals surface area contributed by atoms with E-state index in [2.05, 4.69) is 5.43 Å². The molecule has 0 aromatic heterocycles. The number of amides is 2. The van der Waals surface area contributed by atoms with Crippen LogP contribution in [0.25, 0.3) is 6.08 Å². The summed E-state index contributed by atoms with van der Waals surface area (Å²) in [5.74, 6) is -0.212. The number of hydrazine groups is 1. The summed E-state index contributed by atoms with van der Waals surface area (Å²) in [6, 6.07) is 11.3. The van der Waals surface area contributed by atoms with E-state index in [1.54, 1.807) is 25.3 Å². The first-order chi connectivity index (χ1) is 13.4. The minimum absolute atomic E-state index is 0.0907. The number of hydrogen-bond acceptors (Lipinski definition) is 7. The van der Waals surface area contributed by atoms with Gasteiger partial charge in [-0.2, -0.15) is 5.01 Å². The molecule has 0 aliphatic carbocycles. The van der Waals surface area contributed by atoms with Crippen LogP contribution in [0.5, 0.6) is 17.2 Å². The van der Waals surface area contributed by atoms with Crippen LogP contribution in [0.3, 0.4) is 0 Å². The highest BCUT2D eigenvalue weighted by Gasteiger charge is 2.33. The summed E-state index contributed by atoms with van der Waals surface area (Å²) in [4.78, 5) is 25.5. The molecule has 2 amide bonds. The van der Waals surface area contributed by atoms with Crippen LogP contribution in [0.1, 0.15) is 15.9 Å². The van der Waals surface area contributed by atoms with E-state index in [0.29, 0.717) is 10.7 Å². The van der Waals surface area contributed by atoms with Gasteiger partial charge in [0, 0.05) is 5.56 Å². The average Bonchev–Trinajstić information content (AvgIpc) is 2.96. The molecule has 1 fully saturated rings. The summed E-state index contributed by atoms with van der Waals surface area (Å²) in [5, 5.41) is 10.7. The number of carbonyl (C=O) groups excluding carboxylic acids is 2. The van der Waals surface area contributed by atoms with Crippen molar-refractivity contribution in [2.75, 3.05) is 14.2 Å². The predicted molar refractivity (Wildman–Crippen MR) is 110 cm³/mol. The van der Waals surface area contributed by atoms with Gasteiger partial charge in [0.05, 0.1) is 19.1 Å². The van der Waals surface area contributed by atoms with E-state index < -0.39 is 11.8 Å². The van der Waals surface area contributed by atoms with Crippen LogP contribution in [0.2, 0.25) is 0 Å². The van der Waals surface area contributed by atoms with Gasteiger partial charge in [-0.15, -0.1) is 0 Å². The lowest BCUT2D eigenvalue weighted by Crippen LogP contribution is -2.44. The zero-order chi connectivity index (χ0) is 20.3. The summed E-state index contributed by atoms with van der Waals surface area (Å²) in [6.45, 7) is 0. The van der Waals surface area contributed by atoms with Crippen LogP contribution in [0.15, 0.2) is 47.4 Å². The third-order valence-electron chi connectivity index (χ3n) is 3.86. The molecular weight excluding hydrogens is 400 g/mol. The van der Waals surface area contributed by atoms with Crippen molar-refractivity contribution in [1.82, 2.24) is 10.4 Å². The number of rotatable bonds is 5. The Morgan fingerprint density at radius 2 is 1.89 bits per heavy atom. The maximum atomic E-state index is 12.6. The Hall–Kier alpha value is -3.04. The first kappa shape index (κ1) is 19.7. The second-order valence-electron chi connectivity index (χ2n) is 5.62. The molecule has 2 N–H and O–H groups in total. The molecule has 1 aliphatic rings. The van der Waals surface area contributed by atoms with Crippen molar-refractivity contribution in [2.24, 2.45) is 0 Å². The number of thiocarbonyl (C=S) groups is 1. The van der Waals surface area contributed by atoms with Gasteiger partial charge in [-0.05, 0) is 54.2 Å². The fraction of sp³-hybridized carbons (Fsp3) is 0.105. The van der Waals surface area contributed by atoms with Gasteiger partial charge < -0.3 is 14.6 Å². The maximum absolute atomic E-state index is 12.6. The number of phenolic OH excluding ortho intramolecular Hbond substituents is 1. The fourth-order valence-corrected chi connectivity index (χ4v) is 3.58. The van der Waals surface area contributed by atoms with E-state index >= 15 is 0 Å². The van der Waals surface area contributed by atoms with Crippen molar-refractivity contribution in [2.45, 2.75) is 0 Å². The molecule has 0 bridgehead atoms. The Labute approximate surface area is 170 Å². The second-order valence-corrected chi connectivity index (χ2v) is 7.29. The van der Waals surface area contributed by atoms with Crippen molar-refractivity contribution >= 4 is 46.2 Å². The first-order valence-corrected chi connectivity index (χ1v) is 9.25. The highest BCUT2D eigenvalue weighted by Crippen LogP contribution is 2.32. The molecule has 0 unspecified atom stereocenters. The number of phenols is 1. The molecular formula is C19H16N2O5S2. The Kier molecular flexibility index (Phi) is 5.86. The van der Waals surface area contributed by atoms with E-state index in [9.17, 15) is 14.7 Å². The zero-order valence-corrected chi connectivity index (χ0v) is 16.6. The Balaban J connectivity index is 1.76. The summed E-state index contributed by atoms with van der Waals surface area (Å²) in [6.07, 6.45) is 1.69. The minimum Gasteiger partial charge on any atom is -0.504 e. The van der Waals surface area contributed by atoms with Crippen molar-refractivity contribution in [3.8, 4) is 17.2 Å². The monoisotopic (exact) mass is 416 g/mol. The Morgan fingerprint density at radius 3 is 2.54 bits per heavy atom.